The number of nitrogens with zero attached hydrogens (tertiary/aromatic N) is 6. The fraction of sp³-hybridized carbons (Fsp3) is 0.415. The van der Waals surface area contributed by atoms with Crippen molar-refractivity contribution in [1.29, 1.82) is 0 Å². The van der Waals surface area contributed by atoms with Gasteiger partial charge in [-0.05, 0) is 80.8 Å². The van der Waals surface area contributed by atoms with Crippen LogP contribution in [0.5, 0.6) is 5.88 Å². The Morgan fingerprint density at radius 2 is 1.81 bits per heavy atom. The van der Waals surface area contributed by atoms with Gasteiger partial charge in [-0.1, -0.05) is 41.9 Å². The summed E-state index contributed by atoms with van der Waals surface area (Å²) < 4.78 is 39.0. The van der Waals surface area contributed by atoms with E-state index in [1.807, 2.05) is 49.4 Å². The van der Waals surface area contributed by atoms with Crippen LogP contribution < -0.4 is 9.46 Å². The van der Waals surface area contributed by atoms with Crippen LogP contribution in [0.25, 0.3) is 44.9 Å². The number of nitrogens with one attached hydrogen (secondary N) is 1. The van der Waals surface area contributed by atoms with Gasteiger partial charge < -0.3 is 14.3 Å². The van der Waals surface area contributed by atoms with Crippen molar-refractivity contribution in [2.75, 3.05) is 33.3 Å². The van der Waals surface area contributed by atoms with E-state index in [2.05, 4.69) is 19.5 Å². The van der Waals surface area contributed by atoms with Gasteiger partial charge in [0.1, 0.15) is 11.2 Å². The number of nitro benzene ring substituents is 1. The molecule has 302 valence electrons. The summed E-state index contributed by atoms with van der Waals surface area (Å²) in [4.78, 5) is 43.7. The van der Waals surface area contributed by atoms with Gasteiger partial charge in [-0.25, -0.2) is 18.4 Å². The molecule has 4 aliphatic rings. The number of carbonyl (C=O) groups excluding carboxylic acids is 1. The average molecular weight is 828 g/mol. The topological polar surface area (TPSA) is 194 Å². The number of β-amino-alcohol motifs (C(OH)–C–C–N with tert-alkyl or cyclic N) is 1. The second-order valence-electron chi connectivity index (χ2n) is 15.7. The summed E-state index contributed by atoms with van der Waals surface area (Å²) >= 11 is 7.14. The molecule has 3 fully saturated rings. The number of hydrogen-bond donors (Lipinski definition) is 2. The summed E-state index contributed by atoms with van der Waals surface area (Å²) in [5.74, 6) is -0.359. The van der Waals surface area contributed by atoms with Gasteiger partial charge in [-0.2, -0.15) is 0 Å². The van der Waals surface area contributed by atoms with Crippen molar-refractivity contribution >= 4 is 44.3 Å². The highest BCUT2D eigenvalue weighted by Gasteiger charge is 2.42. The average Bonchev–Trinajstić information content (AvgIpc) is 3.46. The number of halogens is 1. The molecule has 1 saturated carbocycles. The first-order chi connectivity index (χ1) is 27.9. The van der Waals surface area contributed by atoms with Crippen molar-refractivity contribution in [2.24, 2.45) is 5.92 Å². The zero-order valence-electron chi connectivity index (χ0n) is 32.0. The number of fused-ring (bicyclic) bond motifs is 2. The van der Waals surface area contributed by atoms with Gasteiger partial charge in [-0.15, -0.1) is 0 Å². The fourth-order valence-corrected chi connectivity index (χ4v) is 10.5. The highest BCUT2D eigenvalue weighted by Crippen LogP contribution is 2.47. The molecule has 2 N–H and O–H groups in total. The standard InChI is InChI=1S/C41H42ClN7O8S/c1-22-26(28-7-4-8-30(36(28)42)33-18-43-34(41(45-33)56-2)21-47-15-14-24(50)20-47)5-3-6-27(22)40-44-32-17-31-29(37(49(52)53)38(32)57-40)11-12-35(31)48-16-13-23(19-48)39(51)46-58(54,55)25-9-10-25/h3-8,17-18,23-25,35,50H,9-16,19-21H2,1-2H3,(H,46,51)/t23-,24-,35-/m1/s1. The molecule has 0 unspecified atom stereocenters. The molecule has 0 bridgehead atoms. The van der Waals surface area contributed by atoms with Crippen LogP contribution in [0, 0.1) is 23.0 Å². The lowest BCUT2D eigenvalue weighted by atomic mass is 9.94. The molecular weight excluding hydrogens is 786 g/mol. The minimum Gasteiger partial charge on any atom is -0.480 e. The molecule has 2 aliphatic heterocycles. The van der Waals surface area contributed by atoms with E-state index in [-0.39, 0.29) is 29.3 Å². The lowest BCUT2D eigenvalue weighted by molar-refractivity contribution is -0.384. The van der Waals surface area contributed by atoms with Gasteiger partial charge >= 0.3 is 5.69 Å². The van der Waals surface area contributed by atoms with Crippen molar-refractivity contribution < 1.29 is 32.4 Å². The number of ether oxygens (including phenoxy) is 1. The van der Waals surface area contributed by atoms with Gasteiger partial charge in [0.25, 0.3) is 0 Å². The molecule has 4 heterocycles. The summed E-state index contributed by atoms with van der Waals surface area (Å²) in [5, 5.41) is 22.6. The van der Waals surface area contributed by atoms with E-state index in [0.29, 0.717) is 109 Å². The van der Waals surface area contributed by atoms with Gasteiger partial charge in [0, 0.05) is 54.5 Å². The molecule has 5 aromatic rings. The van der Waals surface area contributed by atoms with E-state index >= 15 is 0 Å². The molecule has 2 aliphatic carbocycles. The highest BCUT2D eigenvalue weighted by atomic mass is 35.5. The summed E-state index contributed by atoms with van der Waals surface area (Å²) in [6.07, 6.45) is 4.75. The fourth-order valence-electron chi connectivity index (χ4n) is 8.82. The third-order valence-corrected chi connectivity index (χ3v) is 14.2. The molecule has 3 atom stereocenters. The first kappa shape index (κ1) is 38.5. The number of carbonyl (C=O) groups is 1. The van der Waals surface area contributed by atoms with Crippen LogP contribution >= 0.6 is 11.6 Å². The molecule has 2 saturated heterocycles. The van der Waals surface area contributed by atoms with Gasteiger partial charge in [0.2, 0.25) is 33.3 Å². The SMILES string of the molecule is COc1nc(-c2cccc(-c3cccc(-c4nc5cc6c(c([N+](=O)[O-])c5o4)CC[C@H]6N4CC[C@@H](C(=O)NS(=O)(=O)C5CC5)C4)c3C)c2Cl)cnc1CN1CC[C@@H](O)C1. The molecule has 0 radical (unpaired) electrons. The van der Waals surface area contributed by atoms with Crippen LogP contribution in [-0.4, -0.2) is 93.7 Å². The Hall–Kier alpha value is -5.00. The number of rotatable bonds is 11. The minimum absolute atomic E-state index is 0.102. The Kier molecular flexibility index (Phi) is 9.95. The van der Waals surface area contributed by atoms with Crippen molar-refractivity contribution in [3.63, 3.8) is 0 Å². The Balaban J connectivity index is 1.00. The van der Waals surface area contributed by atoms with Crippen molar-refractivity contribution in [1.82, 2.24) is 29.5 Å². The number of hydrogen-bond acceptors (Lipinski definition) is 13. The predicted octanol–water partition coefficient (Wildman–Crippen LogP) is 5.98. The van der Waals surface area contributed by atoms with E-state index in [0.717, 1.165) is 28.8 Å². The highest BCUT2D eigenvalue weighted by molar-refractivity contribution is 7.90. The zero-order chi connectivity index (χ0) is 40.5. The van der Waals surface area contributed by atoms with E-state index < -0.39 is 32.0 Å². The Labute approximate surface area is 339 Å². The first-order valence-electron chi connectivity index (χ1n) is 19.5. The number of amides is 1. The molecular formula is C41H42ClN7O8S. The predicted molar refractivity (Wildman–Crippen MR) is 216 cm³/mol. The molecule has 17 heteroatoms. The maximum Gasteiger partial charge on any atom is 0.317 e. The number of nitro groups is 1. The monoisotopic (exact) mass is 827 g/mol. The van der Waals surface area contributed by atoms with Crippen LogP contribution in [0.15, 0.2) is 53.1 Å². The lowest BCUT2D eigenvalue weighted by Gasteiger charge is -2.24. The molecule has 2 aromatic heterocycles. The number of benzene rings is 3. The second-order valence-corrected chi connectivity index (χ2v) is 18.0. The number of aliphatic hydroxyl groups excluding tert-OH is 1. The molecule has 1 amide bonds. The van der Waals surface area contributed by atoms with Crippen molar-refractivity contribution in [3.8, 4) is 39.7 Å². The third kappa shape index (κ3) is 7.00. The number of methoxy groups -OCH3 is 1. The quantitative estimate of drug-likeness (QED) is 0.117. The number of aliphatic hydroxyl groups is 1. The van der Waals surface area contributed by atoms with Crippen LogP contribution in [0.4, 0.5) is 5.69 Å². The molecule has 0 spiro atoms. The van der Waals surface area contributed by atoms with Crippen LogP contribution in [-0.2, 0) is 27.8 Å². The summed E-state index contributed by atoms with van der Waals surface area (Å²) in [6.45, 7) is 4.69. The zero-order valence-corrected chi connectivity index (χ0v) is 33.6. The van der Waals surface area contributed by atoms with Crippen LogP contribution in [0.2, 0.25) is 5.02 Å². The van der Waals surface area contributed by atoms with Gasteiger partial charge in [-0.3, -0.25) is 34.4 Å². The normalized spacial score (nSPS) is 21.1. The van der Waals surface area contributed by atoms with Crippen LogP contribution in [0.3, 0.4) is 0 Å². The maximum atomic E-state index is 12.9. The minimum atomic E-state index is -3.65. The van der Waals surface area contributed by atoms with Crippen molar-refractivity contribution in [3.05, 3.63) is 86.2 Å². The largest absolute Gasteiger partial charge is 0.480 e. The summed E-state index contributed by atoms with van der Waals surface area (Å²) in [5.41, 5.74) is 6.59. The van der Waals surface area contributed by atoms with E-state index in [9.17, 15) is 28.4 Å². The number of aromatic nitrogens is 3. The molecule has 9 rings (SSSR count). The second kappa shape index (κ2) is 15.0. The van der Waals surface area contributed by atoms with Crippen LogP contribution in [0.1, 0.15) is 60.5 Å². The smallest absolute Gasteiger partial charge is 0.317 e. The van der Waals surface area contributed by atoms with E-state index in [4.69, 9.17) is 30.7 Å². The lowest BCUT2D eigenvalue weighted by Crippen LogP contribution is -2.38. The Bertz CT molecular complexity index is 2600. The van der Waals surface area contributed by atoms with E-state index in [1.165, 1.54) is 0 Å². The molecule has 3 aromatic carbocycles. The Morgan fingerprint density at radius 1 is 1.05 bits per heavy atom. The van der Waals surface area contributed by atoms with Gasteiger partial charge in [0.05, 0.1) is 46.2 Å². The summed E-state index contributed by atoms with van der Waals surface area (Å²) in [6, 6.07) is 13.0. The van der Waals surface area contributed by atoms with E-state index in [1.54, 1.807) is 13.3 Å². The van der Waals surface area contributed by atoms with Crippen molar-refractivity contribution in [2.45, 2.75) is 69.4 Å². The molecule has 15 nitrogen and oxygen atoms in total. The molecule has 58 heavy (non-hydrogen) atoms. The maximum absolute atomic E-state index is 12.9. The number of sulfonamides is 1. The third-order valence-electron chi connectivity index (χ3n) is 12.0. The number of likely N-dealkylation sites (tertiary alicyclic amines) is 2. The first-order valence-corrected chi connectivity index (χ1v) is 21.4. The Morgan fingerprint density at radius 3 is 2.53 bits per heavy atom. The van der Waals surface area contributed by atoms with Gasteiger partial charge in [0.15, 0.2) is 0 Å². The summed E-state index contributed by atoms with van der Waals surface area (Å²) in [7, 11) is -2.10. The number of oxazole rings is 1.